The molecule has 2 aromatic carbocycles. The SMILES string of the molecule is CCCN(Cc1ccc(C(C)C)cc1)c1c(O)cc(CN2C=NCCC2C(=O)OC)c(Br)c1N. The van der Waals surface area contributed by atoms with Crippen LogP contribution in [0.15, 0.2) is 39.8 Å². The first-order chi connectivity index (χ1) is 16.3. The van der Waals surface area contributed by atoms with Crippen molar-refractivity contribution in [2.45, 2.75) is 58.7 Å². The minimum absolute atomic E-state index is 0.117. The van der Waals surface area contributed by atoms with E-state index in [4.69, 9.17) is 10.5 Å². The van der Waals surface area contributed by atoms with Gasteiger partial charge in [0, 0.05) is 30.7 Å². The lowest BCUT2D eigenvalue weighted by Crippen LogP contribution is -2.43. The van der Waals surface area contributed by atoms with Gasteiger partial charge in [-0.1, -0.05) is 45.0 Å². The number of ether oxygens (including phenoxy) is 1. The molecule has 0 aromatic heterocycles. The normalized spacial score (nSPS) is 15.6. The van der Waals surface area contributed by atoms with Crippen LogP contribution < -0.4 is 10.6 Å². The van der Waals surface area contributed by atoms with E-state index < -0.39 is 6.04 Å². The zero-order valence-electron chi connectivity index (χ0n) is 20.4. The van der Waals surface area contributed by atoms with Crippen molar-refractivity contribution in [2.75, 3.05) is 30.8 Å². The van der Waals surface area contributed by atoms with Gasteiger partial charge in [0.15, 0.2) is 0 Å². The number of rotatable bonds is 9. The van der Waals surface area contributed by atoms with Gasteiger partial charge in [-0.25, -0.2) is 4.79 Å². The summed E-state index contributed by atoms with van der Waals surface area (Å²) in [5, 5.41) is 11.1. The van der Waals surface area contributed by atoms with Gasteiger partial charge in [-0.15, -0.1) is 0 Å². The summed E-state index contributed by atoms with van der Waals surface area (Å²) in [6.45, 7) is 8.80. The molecule has 0 bridgehead atoms. The molecule has 184 valence electrons. The Morgan fingerprint density at radius 2 is 2.06 bits per heavy atom. The van der Waals surface area contributed by atoms with E-state index in [0.29, 0.717) is 47.8 Å². The Balaban J connectivity index is 1.89. The van der Waals surface area contributed by atoms with Gasteiger partial charge in [0.25, 0.3) is 0 Å². The van der Waals surface area contributed by atoms with E-state index in [2.05, 4.69) is 70.9 Å². The zero-order valence-corrected chi connectivity index (χ0v) is 22.0. The van der Waals surface area contributed by atoms with Crippen molar-refractivity contribution in [3.05, 3.63) is 51.5 Å². The number of esters is 1. The Bertz CT molecular complexity index is 1020. The average Bonchev–Trinajstić information content (AvgIpc) is 2.82. The van der Waals surface area contributed by atoms with E-state index in [1.807, 2.05) is 4.90 Å². The monoisotopic (exact) mass is 530 g/mol. The first kappa shape index (κ1) is 25.9. The lowest BCUT2D eigenvalue weighted by molar-refractivity contribution is -0.145. The van der Waals surface area contributed by atoms with Crippen LogP contribution in [0.5, 0.6) is 5.75 Å². The molecule has 8 heteroatoms. The fourth-order valence-electron chi connectivity index (χ4n) is 4.27. The van der Waals surface area contributed by atoms with Crippen LogP contribution in [0.3, 0.4) is 0 Å². The smallest absolute Gasteiger partial charge is 0.328 e. The van der Waals surface area contributed by atoms with Crippen LogP contribution in [0.1, 0.15) is 56.2 Å². The zero-order chi connectivity index (χ0) is 24.8. The minimum atomic E-state index is -0.414. The lowest BCUT2D eigenvalue weighted by atomic mass is 10.0. The topological polar surface area (TPSA) is 91.4 Å². The lowest BCUT2D eigenvalue weighted by Gasteiger charge is -2.32. The molecule has 3 rings (SSSR count). The van der Waals surface area contributed by atoms with Crippen LogP contribution in [0, 0.1) is 0 Å². The van der Waals surface area contributed by atoms with E-state index in [-0.39, 0.29) is 11.7 Å². The predicted molar refractivity (Wildman–Crippen MR) is 141 cm³/mol. The quantitative estimate of drug-likeness (QED) is 0.348. The number of hydrogen-bond acceptors (Lipinski definition) is 7. The second-order valence-electron chi connectivity index (χ2n) is 8.97. The number of nitrogen functional groups attached to an aromatic ring is 1. The van der Waals surface area contributed by atoms with Gasteiger partial charge in [-0.05, 0) is 57.4 Å². The van der Waals surface area contributed by atoms with Crippen molar-refractivity contribution in [1.29, 1.82) is 0 Å². The molecule has 2 aromatic rings. The standard InChI is InChI=1S/C26H35BrN4O3/c1-5-12-30(14-18-6-8-19(9-7-18)17(2)3)25-22(32)13-20(23(27)24(25)28)15-31-16-29-11-10-21(31)26(33)34-4/h6-9,13,16-17,21,32H,5,10-12,14-15,28H2,1-4H3. The molecule has 0 saturated carbocycles. The van der Waals surface area contributed by atoms with E-state index in [1.165, 1.54) is 12.7 Å². The molecule has 1 aliphatic heterocycles. The highest BCUT2D eigenvalue weighted by atomic mass is 79.9. The first-order valence-corrected chi connectivity index (χ1v) is 12.5. The van der Waals surface area contributed by atoms with Crippen LogP contribution in [0.4, 0.5) is 11.4 Å². The van der Waals surface area contributed by atoms with Crippen LogP contribution in [0.2, 0.25) is 0 Å². The summed E-state index contributed by atoms with van der Waals surface area (Å²) in [6, 6.07) is 9.89. The maximum Gasteiger partial charge on any atom is 0.328 e. The van der Waals surface area contributed by atoms with Gasteiger partial charge in [0.2, 0.25) is 0 Å². The Hall–Kier alpha value is -2.74. The Labute approximate surface area is 210 Å². The van der Waals surface area contributed by atoms with Gasteiger partial charge in [-0.3, -0.25) is 4.99 Å². The molecular formula is C26H35BrN4O3. The van der Waals surface area contributed by atoms with Crippen LogP contribution in [-0.2, 0) is 22.6 Å². The molecule has 0 spiro atoms. The molecule has 0 amide bonds. The number of halogens is 1. The number of carbonyl (C=O) groups excluding carboxylic acids is 1. The highest BCUT2D eigenvalue weighted by molar-refractivity contribution is 9.10. The number of phenolic OH excluding ortho intramolecular Hbond substituents is 1. The molecule has 7 nitrogen and oxygen atoms in total. The molecule has 1 aliphatic rings. The predicted octanol–water partition coefficient (Wildman–Crippen LogP) is 5.05. The van der Waals surface area contributed by atoms with Crippen molar-refractivity contribution in [2.24, 2.45) is 4.99 Å². The molecule has 0 radical (unpaired) electrons. The maximum atomic E-state index is 12.2. The highest BCUT2D eigenvalue weighted by Crippen LogP contribution is 2.42. The third-order valence-electron chi connectivity index (χ3n) is 6.14. The summed E-state index contributed by atoms with van der Waals surface area (Å²) >= 11 is 3.65. The van der Waals surface area contributed by atoms with E-state index in [0.717, 1.165) is 24.1 Å². The number of nitrogens with two attached hydrogens (primary N) is 1. The number of aliphatic imine (C=N–C) groups is 1. The maximum absolute atomic E-state index is 12.2. The second-order valence-corrected chi connectivity index (χ2v) is 9.76. The number of phenols is 1. The summed E-state index contributed by atoms with van der Waals surface area (Å²) < 4.78 is 5.66. The van der Waals surface area contributed by atoms with E-state index in [1.54, 1.807) is 12.4 Å². The number of aromatic hydroxyl groups is 1. The summed E-state index contributed by atoms with van der Waals surface area (Å²) in [4.78, 5) is 20.5. The molecular weight excluding hydrogens is 496 g/mol. The van der Waals surface area contributed by atoms with Crippen LogP contribution in [-0.4, -0.2) is 48.6 Å². The Morgan fingerprint density at radius 1 is 1.35 bits per heavy atom. The Kier molecular flexibility index (Phi) is 8.83. The molecule has 1 unspecified atom stereocenters. The van der Waals surface area contributed by atoms with Gasteiger partial charge < -0.3 is 25.4 Å². The Morgan fingerprint density at radius 3 is 2.68 bits per heavy atom. The summed E-state index contributed by atoms with van der Waals surface area (Å²) in [7, 11) is 1.39. The van der Waals surface area contributed by atoms with E-state index in [9.17, 15) is 9.90 Å². The molecule has 0 saturated heterocycles. The first-order valence-electron chi connectivity index (χ1n) is 11.7. The number of anilines is 2. The van der Waals surface area contributed by atoms with Gasteiger partial charge in [-0.2, -0.15) is 0 Å². The van der Waals surface area contributed by atoms with E-state index >= 15 is 0 Å². The molecule has 1 heterocycles. The number of hydrogen-bond donors (Lipinski definition) is 2. The second kappa shape index (κ2) is 11.6. The number of methoxy groups -OCH3 is 1. The molecule has 3 N–H and O–H groups in total. The number of carbonyl (C=O) groups is 1. The van der Waals surface area contributed by atoms with Crippen molar-refractivity contribution >= 4 is 39.6 Å². The summed E-state index contributed by atoms with van der Waals surface area (Å²) in [5.74, 6) is 0.299. The van der Waals surface area contributed by atoms with Crippen molar-refractivity contribution in [3.63, 3.8) is 0 Å². The number of nitrogens with zero attached hydrogens (tertiary/aromatic N) is 3. The molecule has 1 atom stereocenters. The van der Waals surface area contributed by atoms with Gasteiger partial charge >= 0.3 is 5.97 Å². The fraction of sp³-hybridized carbons (Fsp3) is 0.462. The molecule has 0 aliphatic carbocycles. The van der Waals surface area contributed by atoms with Crippen molar-refractivity contribution in [3.8, 4) is 5.75 Å². The van der Waals surface area contributed by atoms with Gasteiger partial charge in [0.1, 0.15) is 17.5 Å². The third-order valence-corrected chi connectivity index (χ3v) is 7.08. The molecule has 34 heavy (non-hydrogen) atoms. The largest absolute Gasteiger partial charge is 0.506 e. The summed E-state index contributed by atoms with van der Waals surface area (Å²) in [5.41, 5.74) is 10.9. The highest BCUT2D eigenvalue weighted by Gasteiger charge is 2.29. The third kappa shape index (κ3) is 5.84. The summed E-state index contributed by atoms with van der Waals surface area (Å²) in [6.07, 6.45) is 3.16. The van der Waals surface area contributed by atoms with Crippen molar-refractivity contribution < 1.29 is 14.6 Å². The number of benzene rings is 2. The van der Waals surface area contributed by atoms with Crippen LogP contribution in [0.25, 0.3) is 0 Å². The average molecular weight is 531 g/mol. The molecule has 0 fully saturated rings. The minimum Gasteiger partial charge on any atom is -0.506 e. The van der Waals surface area contributed by atoms with Gasteiger partial charge in [0.05, 0.1) is 19.1 Å². The van der Waals surface area contributed by atoms with Crippen LogP contribution >= 0.6 is 15.9 Å². The van der Waals surface area contributed by atoms with Crippen molar-refractivity contribution in [1.82, 2.24) is 4.90 Å². The fourth-order valence-corrected chi connectivity index (χ4v) is 4.70.